The van der Waals surface area contributed by atoms with Crippen LogP contribution < -0.4 is 5.32 Å². The number of hydrogen-bond acceptors (Lipinski definition) is 3. The lowest BCUT2D eigenvalue weighted by Crippen LogP contribution is -2.34. The standard InChI is InChI=1S/C12H14N2O3/c15-10-3-1-9(2-4-10)8-14-6-5-11(16)13-7-12(14)17/h1-4,15H,5-8H2,(H,13,16). The van der Waals surface area contributed by atoms with Gasteiger partial charge in [0.25, 0.3) is 0 Å². The van der Waals surface area contributed by atoms with Crippen LogP contribution in [-0.2, 0) is 16.1 Å². The molecule has 5 heteroatoms. The highest BCUT2D eigenvalue weighted by molar-refractivity contribution is 5.87. The van der Waals surface area contributed by atoms with Gasteiger partial charge in [0, 0.05) is 19.5 Å². The molecule has 0 spiro atoms. The van der Waals surface area contributed by atoms with Crippen LogP contribution in [0, 0.1) is 0 Å². The zero-order valence-corrected chi connectivity index (χ0v) is 9.35. The third kappa shape index (κ3) is 2.96. The molecule has 0 unspecified atom stereocenters. The molecule has 1 saturated heterocycles. The van der Waals surface area contributed by atoms with Gasteiger partial charge < -0.3 is 15.3 Å². The zero-order valence-electron chi connectivity index (χ0n) is 9.35. The number of amides is 2. The van der Waals surface area contributed by atoms with Crippen LogP contribution in [0.2, 0.25) is 0 Å². The van der Waals surface area contributed by atoms with Gasteiger partial charge in [0.05, 0.1) is 6.54 Å². The summed E-state index contributed by atoms with van der Waals surface area (Å²) in [5.41, 5.74) is 0.936. The lowest BCUT2D eigenvalue weighted by atomic mass is 10.2. The van der Waals surface area contributed by atoms with Crippen molar-refractivity contribution in [1.82, 2.24) is 10.2 Å². The Labute approximate surface area is 99.0 Å². The number of hydrogen-bond donors (Lipinski definition) is 2. The predicted molar refractivity (Wildman–Crippen MR) is 61.2 cm³/mol. The number of rotatable bonds is 2. The van der Waals surface area contributed by atoms with Crippen molar-refractivity contribution in [2.45, 2.75) is 13.0 Å². The first-order valence-corrected chi connectivity index (χ1v) is 5.47. The van der Waals surface area contributed by atoms with Crippen LogP contribution in [0.1, 0.15) is 12.0 Å². The Bertz CT molecular complexity index is 428. The molecule has 0 aromatic heterocycles. The van der Waals surface area contributed by atoms with Crippen molar-refractivity contribution in [3.63, 3.8) is 0 Å². The molecule has 17 heavy (non-hydrogen) atoms. The van der Waals surface area contributed by atoms with E-state index in [0.29, 0.717) is 19.5 Å². The van der Waals surface area contributed by atoms with E-state index < -0.39 is 0 Å². The van der Waals surface area contributed by atoms with Crippen molar-refractivity contribution in [2.75, 3.05) is 13.1 Å². The Morgan fingerprint density at radius 1 is 1.24 bits per heavy atom. The Kier molecular flexibility index (Phi) is 3.27. The molecule has 5 nitrogen and oxygen atoms in total. The zero-order chi connectivity index (χ0) is 12.3. The van der Waals surface area contributed by atoms with Gasteiger partial charge in [0.15, 0.2) is 0 Å². The number of nitrogens with zero attached hydrogens (tertiary/aromatic N) is 1. The van der Waals surface area contributed by atoms with Crippen LogP contribution in [0.15, 0.2) is 24.3 Å². The summed E-state index contributed by atoms with van der Waals surface area (Å²) in [4.78, 5) is 24.5. The molecule has 1 aliphatic rings. The van der Waals surface area contributed by atoms with Gasteiger partial charge in [0.1, 0.15) is 5.75 Å². The normalized spacial score (nSPS) is 16.6. The first kappa shape index (κ1) is 11.4. The summed E-state index contributed by atoms with van der Waals surface area (Å²) in [6, 6.07) is 6.70. The molecule has 0 aliphatic carbocycles. The lowest BCUT2D eigenvalue weighted by Gasteiger charge is -2.19. The molecule has 0 radical (unpaired) electrons. The molecule has 1 aliphatic heterocycles. The highest BCUT2D eigenvalue weighted by atomic mass is 16.3. The van der Waals surface area contributed by atoms with E-state index in [-0.39, 0.29) is 24.1 Å². The van der Waals surface area contributed by atoms with Gasteiger partial charge in [-0.25, -0.2) is 0 Å². The average molecular weight is 234 g/mol. The molecule has 0 saturated carbocycles. The van der Waals surface area contributed by atoms with Gasteiger partial charge in [-0.05, 0) is 17.7 Å². The molecule has 0 bridgehead atoms. The molecule has 0 atom stereocenters. The van der Waals surface area contributed by atoms with E-state index >= 15 is 0 Å². The van der Waals surface area contributed by atoms with E-state index in [9.17, 15) is 9.59 Å². The summed E-state index contributed by atoms with van der Waals surface area (Å²) >= 11 is 0. The largest absolute Gasteiger partial charge is 0.508 e. The third-order valence-electron chi connectivity index (χ3n) is 2.71. The number of carbonyl (C=O) groups is 2. The Morgan fingerprint density at radius 2 is 1.94 bits per heavy atom. The molecular formula is C12H14N2O3. The molecule has 1 aromatic rings. The van der Waals surface area contributed by atoms with Gasteiger partial charge in [-0.3, -0.25) is 9.59 Å². The monoisotopic (exact) mass is 234 g/mol. The second kappa shape index (κ2) is 4.86. The van der Waals surface area contributed by atoms with E-state index in [2.05, 4.69) is 5.32 Å². The molecule has 2 rings (SSSR count). The number of carbonyl (C=O) groups excluding carboxylic acids is 2. The summed E-state index contributed by atoms with van der Waals surface area (Å²) < 4.78 is 0. The number of benzene rings is 1. The molecule has 2 N–H and O–H groups in total. The van der Waals surface area contributed by atoms with Crippen LogP contribution >= 0.6 is 0 Å². The van der Waals surface area contributed by atoms with Crippen molar-refractivity contribution in [1.29, 1.82) is 0 Å². The van der Waals surface area contributed by atoms with Crippen LogP contribution in [0.4, 0.5) is 0 Å². The molecule has 1 fully saturated rings. The predicted octanol–water partition coefficient (Wildman–Crippen LogP) is 0.241. The molecule has 90 valence electrons. The van der Waals surface area contributed by atoms with E-state index in [1.807, 2.05) is 0 Å². The SMILES string of the molecule is O=C1CCN(Cc2ccc(O)cc2)C(=O)CN1. The summed E-state index contributed by atoms with van der Waals surface area (Å²) in [5, 5.41) is 11.7. The van der Waals surface area contributed by atoms with Crippen molar-refractivity contribution in [3.8, 4) is 5.75 Å². The second-order valence-electron chi connectivity index (χ2n) is 4.01. The smallest absolute Gasteiger partial charge is 0.242 e. The minimum Gasteiger partial charge on any atom is -0.508 e. The Balaban J connectivity index is 2.04. The van der Waals surface area contributed by atoms with E-state index in [1.54, 1.807) is 29.2 Å². The van der Waals surface area contributed by atoms with Gasteiger partial charge in [0.2, 0.25) is 11.8 Å². The van der Waals surface area contributed by atoms with Crippen molar-refractivity contribution < 1.29 is 14.7 Å². The van der Waals surface area contributed by atoms with Crippen molar-refractivity contribution in [3.05, 3.63) is 29.8 Å². The van der Waals surface area contributed by atoms with E-state index in [0.717, 1.165) is 5.56 Å². The maximum atomic E-state index is 11.7. The number of aromatic hydroxyl groups is 1. The van der Waals surface area contributed by atoms with Crippen LogP contribution in [0.3, 0.4) is 0 Å². The van der Waals surface area contributed by atoms with E-state index in [4.69, 9.17) is 5.11 Å². The van der Waals surface area contributed by atoms with Gasteiger partial charge in [-0.1, -0.05) is 12.1 Å². The van der Waals surface area contributed by atoms with E-state index in [1.165, 1.54) is 0 Å². The highest BCUT2D eigenvalue weighted by Crippen LogP contribution is 2.12. The summed E-state index contributed by atoms with van der Waals surface area (Å²) in [6.45, 7) is 0.969. The molecule has 1 heterocycles. The first-order chi connectivity index (χ1) is 8.15. The fraction of sp³-hybridized carbons (Fsp3) is 0.333. The summed E-state index contributed by atoms with van der Waals surface area (Å²) in [5.74, 6) is 0.0308. The highest BCUT2D eigenvalue weighted by Gasteiger charge is 2.19. The fourth-order valence-corrected chi connectivity index (χ4v) is 1.72. The lowest BCUT2D eigenvalue weighted by molar-refractivity contribution is -0.130. The fourth-order valence-electron chi connectivity index (χ4n) is 1.72. The van der Waals surface area contributed by atoms with Gasteiger partial charge in [-0.2, -0.15) is 0 Å². The van der Waals surface area contributed by atoms with Crippen molar-refractivity contribution >= 4 is 11.8 Å². The average Bonchev–Trinajstić information content (AvgIpc) is 2.47. The molecular weight excluding hydrogens is 220 g/mol. The first-order valence-electron chi connectivity index (χ1n) is 5.47. The minimum absolute atomic E-state index is 0.0664. The molecule has 2 amide bonds. The quantitative estimate of drug-likeness (QED) is 0.770. The topological polar surface area (TPSA) is 69.6 Å². The Hall–Kier alpha value is -2.04. The second-order valence-corrected chi connectivity index (χ2v) is 4.01. The van der Waals surface area contributed by atoms with Crippen molar-refractivity contribution in [2.24, 2.45) is 0 Å². The third-order valence-corrected chi connectivity index (χ3v) is 2.71. The van der Waals surface area contributed by atoms with Gasteiger partial charge >= 0.3 is 0 Å². The summed E-state index contributed by atoms with van der Waals surface area (Å²) in [7, 11) is 0. The van der Waals surface area contributed by atoms with Crippen LogP contribution in [0.5, 0.6) is 5.75 Å². The maximum Gasteiger partial charge on any atom is 0.242 e. The van der Waals surface area contributed by atoms with Crippen LogP contribution in [0.25, 0.3) is 0 Å². The minimum atomic E-state index is -0.0912. The molecule has 1 aromatic carbocycles. The Morgan fingerprint density at radius 3 is 2.65 bits per heavy atom. The van der Waals surface area contributed by atoms with Crippen LogP contribution in [-0.4, -0.2) is 34.9 Å². The number of phenolic OH excluding ortho intramolecular Hbond substituents is 1. The maximum absolute atomic E-state index is 11.7. The summed E-state index contributed by atoms with van der Waals surface area (Å²) in [6.07, 6.45) is 0.337. The van der Waals surface area contributed by atoms with Gasteiger partial charge in [-0.15, -0.1) is 0 Å². The number of phenols is 1. The number of nitrogens with one attached hydrogen (secondary N) is 1.